The standard InChI is InChI=1S/C22H27N3O3/c1-15-19-17(23-27)13-22(2,3)14-18(19)28-20(15)21(26)25-11-9-24(10-12-25)16-7-5-4-6-8-16/h4-8,27H,9-14H2,1-3H3. The maximum absolute atomic E-state index is 13.1. The Hall–Kier alpha value is -2.76. The summed E-state index contributed by atoms with van der Waals surface area (Å²) < 4.78 is 6.03. The van der Waals surface area contributed by atoms with Gasteiger partial charge in [0.2, 0.25) is 0 Å². The van der Waals surface area contributed by atoms with Gasteiger partial charge in [-0.2, -0.15) is 0 Å². The number of para-hydroxylation sites is 1. The Morgan fingerprint density at radius 1 is 1.11 bits per heavy atom. The summed E-state index contributed by atoms with van der Waals surface area (Å²) in [4.78, 5) is 17.3. The molecule has 0 radical (unpaired) electrons. The highest BCUT2D eigenvalue weighted by Gasteiger charge is 2.37. The number of amides is 1. The highest BCUT2D eigenvalue weighted by atomic mass is 16.4. The maximum atomic E-state index is 13.1. The predicted octanol–water partition coefficient (Wildman–Crippen LogP) is 3.70. The van der Waals surface area contributed by atoms with Crippen molar-refractivity contribution in [1.82, 2.24) is 4.90 Å². The van der Waals surface area contributed by atoms with Crippen molar-refractivity contribution in [3.05, 3.63) is 53.0 Å². The molecule has 2 aromatic rings. The first-order valence-corrected chi connectivity index (χ1v) is 9.82. The smallest absolute Gasteiger partial charge is 0.289 e. The van der Waals surface area contributed by atoms with E-state index in [2.05, 4.69) is 36.0 Å². The quantitative estimate of drug-likeness (QED) is 0.636. The fourth-order valence-corrected chi connectivity index (χ4v) is 4.35. The zero-order valence-corrected chi connectivity index (χ0v) is 16.7. The number of hydrogen-bond donors (Lipinski definition) is 1. The lowest BCUT2D eigenvalue weighted by molar-refractivity contribution is 0.0710. The average molecular weight is 381 g/mol. The summed E-state index contributed by atoms with van der Waals surface area (Å²) in [6.45, 7) is 9.03. The van der Waals surface area contributed by atoms with Gasteiger partial charge in [0.15, 0.2) is 5.76 Å². The van der Waals surface area contributed by atoms with Gasteiger partial charge in [-0.15, -0.1) is 0 Å². The van der Waals surface area contributed by atoms with Crippen LogP contribution in [0.5, 0.6) is 0 Å². The summed E-state index contributed by atoms with van der Waals surface area (Å²) >= 11 is 0. The van der Waals surface area contributed by atoms with Crippen LogP contribution in [-0.4, -0.2) is 47.9 Å². The topological polar surface area (TPSA) is 69.3 Å². The fraction of sp³-hybridized carbons (Fsp3) is 0.455. The molecule has 0 bridgehead atoms. The molecule has 1 aromatic carbocycles. The Morgan fingerprint density at radius 2 is 1.79 bits per heavy atom. The van der Waals surface area contributed by atoms with Crippen molar-refractivity contribution in [3.8, 4) is 0 Å². The number of carbonyl (C=O) groups is 1. The number of fused-ring (bicyclic) bond motifs is 1. The molecule has 28 heavy (non-hydrogen) atoms. The van der Waals surface area contributed by atoms with E-state index in [-0.39, 0.29) is 11.3 Å². The highest BCUT2D eigenvalue weighted by molar-refractivity contribution is 6.06. The first-order valence-electron chi connectivity index (χ1n) is 9.82. The number of nitrogens with zero attached hydrogens (tertiary/aromatic N) is 3. The number of piperazine rings is 1. The molecule has 2 aliphatic rings. The third-order valence-corrected chi connectivity index (χ3v) is 5.80. The van der Waals surface area contributed by atoms with Crippen molar-refractivity contribution >= 4 is 17.3 Å². The van der Waals surface area contributed by atoms with Crippen molar-refractivity contribution in [2.75, 3.05) is 31.1 Å². The van der Waals surface area contributed by atoms with Gasteiger partial charge in [0.05, 0.1) is 5.71 Å². The zero-order valence-electron chi connectivity index (χ0n) is 16.7. The minimum absolute atomic E-state index is 0.0551. The molecule has 1 aliphatic heterocycles. The largest absolute Gasteiger partial charge is 0.455 e. The summed E-state index contributed by atoms with van der Waals surface area (Å²) in [5.74, 6) is 1.07. The Bertz CT molecular complexity index is 907. The SMILES string of the molecule is Cc1c(C(=O)N2CCN(c3ccccc3)CC2)oc2c1C(=NO)CC(C)(C)C2. The van der Waals surface area contributed by atoms with Gasteiger partial charge in [0.25, 0.3) is 5.91 Å². The van der Waals surface area contributed by atoms with E-state index < -0.39 is 0 Å². The van der Waals surface area contributed by atoms with Gasteiger partial charge in [-0.3, -0.25) is 4.79 Å². The molecular weight excluding hydrogens is 354 g/mol. The molecular formula is C22H27N3O3. The molecule has 1 aliphatic carbocycles. The van der Waals surface area contributed by atoms with E-state index in [4.69, 9.17) is 4.42 Å². The second-order valence-electron chi connectivity index (χ2n) is 8.53. The highest BCUT2D eigenvalue weighted by Crippen LogP contribution is 2.39. The first-order chi connectivity index (χ1) is 13.4. The molecule has 6 heteroatoms. The van der Waals surface area contributed by atoms with Crippen LogP contribution in [0.15, 0.2) is 39.9 Å². The average Bonchev–Trinajstić information content (AvgIpc) is 3.02. The van der Waals surface area contributed by atoms with Crippen LogP contribution >= 0.6 is 0 Å². The second kappa shape index (κ2) is 7.00. The molecule has 1 aromatic heterocycles. The second-order valence-corrected chi connectivity index (χ2v) is 8.53. The number of rotatable bonds is 2. The van der Waals surface area contributed by atoms with Crippen LogP contribution in [0.25, 0.3) is 0 Å². The number of hydrogen-bond acceptors (Lipinski definition) is 5. The van der Waals surface area contributed by atoms with Crippen LogP contribution in [-0.2, 0) is 6.42 Å². The van der Waals surface area contributed by atoms with Crippen LogP contribution in [0.1, 0.15) is 47.7 Å². The Balaban J connectivity index is 1.53. The molecule has 148 valence electrons. The van der Waals surface area contributed by atoms with E-state index in [1.54, 1.807) is 0 Å². The molecule has 0 spiro atoms. The molecule has 2 heterocycles. The molecule has 6 nitrogen and oxygen atoms in total. The van der Waals surface area contributed by atoms with Crippen LogP contribution in [0.3, 0.4) is 0 Å². The van der Waals surface area contributed by atoms with Gasteiger partial charge in [-0.1, -0.05) is 37.2 Å². The predicted molar refractivity (Wildman–Crippen MR) is 108 cm³/mol. The summed E-state index contributed by atoms with van der Waals surface area (Å²) in [6.07, 6.45) is 1.40. The molecule has 1 N–H and O–H groups in total. The van der Waals surface area contributed by atoms with E-state index in [0.717, 1.165) is 36.4 Å². The molecule has 0 atom stereocenters. The van der Waals surface area contributed by atoms with Gasteiger partial charge in [-0.25, -0.2) is 0 Å². The lowest BCUT2D eigenvalue weighted by Gasteiger charge is -2.35. The maximum Gasteiger partial charge on any atom is 0.289 e. The van der Waals surface area contributed by atoms with E-state index in [0.29, 0.717) is 31.0 Å². The van der Waals surface area contributed by atoms with Gasteiger partial charge < -0.3 is 19.4 Å². The van der Waals surface area contributed by atoms with Gasteiger partial charge in [-0.05, 0) is 30.9 Å². The third-order valence-electron chi connectivity index (χ3n) is 5.80. The number of furan rings is 1. The number of benzene rings is 1. The normalized spacial score (nSPS) is 20.3. The van der Waals surface area contributed by atoms with E-state index in [9.17, 15) is 10.0 Å². The zero-order chi connectivity index (χ0) is 19.9. The molecule has 1 amide bonds. The van der Waals surface area contributed by atoms with E-state index in [1.165, 1.54) is 5.69 Å². The van der Waals surface area contributed by atoms with Gasteiger partial charge >= 0.3 is 0 Å². The summed E-state index contributed by atoms with van der Waals surface area (Å²) in [7, 11) is 0. The van der Waals surface area contributed by atoms with Crippen molar-refractivity contribution in [3.63, 3.8) is 0 Å². The van der Waals surface area contributed by atoms with Crippen molar-refractivity contribution in [1.29, 1.82) is 0 Å². The van der Waals surface area contributed by atoms with Crippen molar-refractivity contribution < 1.29 is 14.4 Å². The van der Waals surface area contributed by atoms with Crippen LogP contribution in [0.2, 0.25) is 0 Å². The minimum Gasteiger partial charge on any atom is -0.455 e. The van der Waals surface area contributed by atoms with Crippen LogP contribution < -0.4 is 4.90 Å². The van der Waals surface area contributed by atoms with Crippen LogP contribution in [0, 0.1) is 12.3 Å². The number of oxime groups is 1. The van der Waals surface area contributed by atoms with E-state index >= 15 is 0 Å². The molecule has 0 saturated carbocycles. The summed E-state index contributed by atoms with van der Waals surface area (Å²) in [5.41, 5.74) is 3.34. The van der Waals surface area contributed by atoms with Gasteiger partial charge in [0, 0.05) is 49.4 Å². The van der Waals surface area contributed by atoms with Crippen molar-refractivity contribution in [2.45, 2.75) is 33.6 Å². The lowest BCUT2D eigenvalue weighted by atomic mass is 9.75. The molecule has 0 unspecified atom stereocenters. The van der Waals surface area contributed by atoms with E-state index in [1.807, 2.05) is 30.0 Å². The van der Waals surface area contributed by atoms with Crippen LogP contribution in [0.4, 0.5) is 5.69 Å². The molecule has 4 rings (SSSR count). The first kappa shape index (κ1) is 18.6. The monoisotopic (exact) mass is 381 g/mol. The number of carbonyl (C=O) groups excluding carboxylic acids is 1. The molecule has 1 saturated heterocycles. The lowest BCUT2D eigenvalue weighted by Crippen LogP contribution is -2.48. The summed E-state index contributed by atoms with van der Waals surface area (Å²) in [6, 6.07) is 10.3. The number of anilines is 1. The van der Waals surface area contributed by atoms with Crippen molar-refractivity contribution in [2.24, 2.45) is 10.6 Å². The Labute approximate surface area is 165 Å². The Kier molecular flexibility index (Phi) is 4.65. The molecule has 1 fully saturated rings. The summed E-state index contributed by atoms with van der Waals surface area (Å²) in [5, 5.41) is 13.0. The Morgan fingerprint density at radius 3 is 2.43 bits per heavy atom. The fourth-order valence-electron chi connectivity index (χ4n) is 4.35. The third kappa shape index (κ3) is 3.28. The minimum atomic E-state index is -0.0743. The van der Waals surface area contributed by atoms with Gasteiger partial charge in [0.1, 0.15) is 5.76 Å².